The molecule has 0 aromatic rings. The van der Waals surface area contributed by atoms with Gasteiger partial charge in [0.15, 0.2) is 0 Å². The zero-order chi connectivity index (χ0) is 8.20. The minimum absolute atomic E-state index is 0. The largest absolute Gasteiger partial charge is 1.00 e. The van der Waals surface area contributed by atoms with E-state index in [2.05, 4.69) is 23.0 Å². The Hall–Kier alpha value is 1.76. The average Bonchev–Trinajstić information content (AvgIpc) is 1.87. The smallest absolute Gasteiger partial charge is 1.00 e. The van der Waals surface area contributed by atoms with Crippen LogP contribution in [0.5, 0.6) is 0 Å². The first-order chi connectivity index (χ1) is 4.52. The molecule has 62 valence electrons. The van der Waals surface area contributed by atoms with Crippen LogP contribution in [0.3, 0.4) is 0 Å². The van der Waals surface area contributed by atoms with E-state index in [-0.39, 0.29) is 41.9 Å². The first-order valence-electron chi connectivity index (χ1n) is 2.99. The number of carbonyl (C=O) groups excluding carboxylic acids is 1. The van der Waals surface area contributed by atoms with E-state index < -0.39 is 0 Å². The maximum Gasteiger partial charge on any atom is 1.00 e. The number of hydrogen-bond donors (Lipinski definition) is 0. The monoisotopic (exact) mass is 222 g/mol. The van der Waals surface area contributed by atoms with Gasteiger partial charge in [0.2, 0.25) is 0 Å². The van der Waals surface area contributed by atoms with Crippen LogP contribution in [0.25, 0.3) is 0 Å². The summed E-state index contributed by atoms with van der Waals surface area (Å²) in [6, 6.07) is 0. The average molecular weight is 222 g/mol. The minimum Gasteiger partial charge on any atom is -1.00 e. The number of rotatable bonds is 3. The van der Waals surface area contributed by atoms with Crippen molar-refractivity contribution in [3.05, 3.63) is 0 Å². The Morgan fingerprint density at radius 2 is 2.09 bits per heavy atom. The molecule has 2 nitrogen and oxygen atoms in total. The summed E-state index contributed by atoms with van der Waals surface area (Å²) in [5.74, 6) is -0.197. The van der Waals surface area contributed by atoms with E-state index in [4.69, 9.17) is 0 Å². The van der Waals surface area contributed by atoms with E-state index in [0.29, 0.717) is 6.42 Å². The number of hydrogen-bond acceptors (Lipinski definition) is 2. The zero-order valence-electron chi connectivity index (χ0n) is 7.96. The van der Waals surface area contributed by atoms with Crippen LogP contribution in [-0.4, -0.2) is 10.9 Å². The molecule has 6 heteroatoms. The molecule has 3 unspecified atom stereocenters. The van der Waals surface area contributed by atoms with Gasteiger partial charge in [0.25, 0.3) is 0 Å². The molecule has 0 saturated carbocycles. The van der Waals surface area contributed by atoms with Crippen molar-refractivity contribution >= 4 is 33.9 Å². The van der Waals surface area contributed by atoms with Crippen LogP contribution in [0, 0.1) is 0 Å². The van der Waals surface area contributed by atoms with E-state index in [0.717, 1.165) is 6.42 Å². The molecule has 0 rings (SSSR count). The molecule has 0 aliphatic heterocycles. The standard InChI is InChI=1S/C5H13O2P3.Na.H/c1-2-5(8,9)3-4(6)7-10;;/h2-3,8-10H2,1H3;;/q;+1;-1. The molecule has 0 aromatic heterocycles. The predicted octanol–water partition coefficient (Wildman–Crippen LogP) is -1.32. The zero-order valence-corrected chi connectivity index (χ0v) is 12.4. The molecular weight excluding hydrogens is 208 g/mol. The van der Waals surface area contributed by atoms with E-state index in [1.807, 2.05) is 16.4 Å². The van der Waals surface area contributed by atoms with E-state index in [9.17, 15) is 4.79 Å². The van der Waals surface area contributed by atoms with Crippen molar-refractivity contribution in [3.8, 4) is 0 Å². The van der Waals surface area contributed by atoms with Gasteiger partial charge in [-0.1, -0.05) is 6.92 Å². The summed E-state index contributed by atoms with van der Waals surface area (Å²) in [6.45, 7) is 2.02. The van der Waals surface area contributed by atoms with Crippen LogP contribution >= 0.6 is 27.9 Å². The van der Waals surface area contributed by atoms with Crippen molar-refractivity contribution in [2.24, 2.45) is 0 Å². The summed E-state index contributed by atoms with van der Waals surface area (Å²) >= 11 is 0. The van der Waals surface area contributed by atoms with Crippen LogP contribution in [-0.2, 0) is 9.32 Å². The van der Waals surface area contributed by atoms with Gasteiger partial charge < -0.3 is 5.95 Å². The van der Waals surface area contributed by atoms with Gasteiger partial charge in [-0.05, 0) is 6.42 Å². The Kier molecular flexibility index (Phi) is 9.96. The van der Waals surface area contributed by atoms with Crippen molar-refractivity contribution in [2.45, 2.75) is 24.7 Å². The van der Waals surface area contributed by atoms with Gasteiger partial charge in [-0.15, -0.1) is 18.5 Å². The molecule has 0 N–H and O–H groups in total. The molecule has 3 atom stereocenters. The van der Waals surface area contributed by atoms with Gasteiger partial charge in [0.1, 0.15) is 0 Å². The SMILES string of the molecule is CCC(P)(P)CC(=O)OP.[H-].[Na+]. The molecule has 0 saturated heterocycles. The van der Waals surface area contributed by atoms with Gasteiger partial charge in [-0.2, -0.15) is 0 Å². The van der Waals surface area contributed by atoms with Gasteiger partial charge >= 0.3 is 35.5 Å². The molecule has 11 heavy (non-hydrogen) atoms. The van der Waals surface area contributed by atoms with E-state index in [1.54, 1.807) is 0 Å². The fraction of sp³-hybridized carbons (Fsp3) is 0.800. The fourth-order valence-corrected chi connectivity index (χ4v) is 0.852. The van der Waals surface area contributed by atoms with Crippen LogP contribution in [0.4, 0.5) is 0 Å². The van der Waals surface area contributed by atoms with Crippen molar-refractivity contribution < 1.29 is 40.3 Å². The summed E-state index contributed by atoms with van der Waals surface area (Å²) < 4.78 is 4.44. The second kappa shape index (κ2) is 7.19. The number of carbonyl (C=O) groups is 1. The minimum atomic E-state index is -0.197. The normalized spacial score (nSPS) is 10.2. The molecule has 0 fully saturated rings. The van der Waals surface area contributed by atoms with E-state index in [1.165, 1.54) is 0 Å². The second-order valence-electron chi connectivity index (χ2n) is 2.25. The first kappa shape index (κ1) is 15.2. The summed E-state index contributed by atoms with van der Waals surface area (Å²) in [6.07, 6.45) is 1.34. The Bertz CT molecular complexity index is 134. The quantitative estimate of drug-likeness (QED) is 0.437. The van der Waals surface area contributed by atoms with Crippen molar-refractivity contribution in [2.75, 3.05) is 0 Å². The van der Waals surface area contributed by atoms with Crippen molar-refractivity contribution in [1.29, 1.82) is 0 Å². The first-order valence-corrected chi connectivity index (χ1v) is 4.62. The summed E-state index contributed by atoms with van der Waals surface area (Å²) in [4.78, 5) is 10.6. The van der Waals surface area contributed by atoms with Crippen LogP contribution in [0.2, 0.25) is 0 Å². The van der Waals surface area contributed by atoms with Crippen LogP contribution < -0.4 is 29.6 Å². The van der Waals surface area contributed by atoms with Crippen LogP contribution in [0.1, 0.15) is 21.2 Å². The summed E-state index contributed by atoms with van der Waals surface area (Å²) in [5.41, 5.74) is 0. The summed E-state index contributed by atoms with van der Waals surface area (Å²) in [7, 11) is 7.19. The van der Waals surface area contributed by atoms with E-state index >= 15 is 0 Å². The molecule has 0 amide bonds. The summed E-state index contributed by atoms with van der Waals surface area (Å²) in [5, 5.41) is 0. The molecule has 0 spiro atoms. The molecule has 0 aliphatic rings. The van der Waals surface area contributed by atoms with Gasteiger partial charge in [-0.25, -0.2) is 0 Å². The second-order valence-corrected chi connectivity index (χ2v) is 5.46. The third kappa shape index (κ3) is 8.10. The maximum absolute atomic E-state index is 10.7. The Morgan fingerprint density at radius 1 is 1.64 bits per heavy atom. The third-order valence-corrected chi connectivity index (χ3v) is 2.75. The Balaban J connectivity index is -0.000000405. The Morgan fingerprint density at radius 3 is 2.36 bits per heavy atom. The maximum atomic E-state index is 10.7. The van der Waals surface area contributed by atoms with Gasteiger partial charge in [0, 0.05) is 4.90 Å². The van der Waals surface area contributed by atoms with Gasteiger partial charge in [-0.3, -0.25) is 4.79 Å². The fourth-order valence-electron chi connectivity index (χ4n) is 0.435. The molecule has 0 heterocycles. The van der Waals surface area contributed by atoms with Crippen molar-refractivity contribution in [3.63, 3.8) is 0 Å². The topological polar surface area (TPSA) is 26.3 Å². The third-order valence-electron chi connectivity index (χ3n) is 1.26. The molecular formula is C5H14NaO2P3. The van der Waals surface area contributed by atoms with Crippen LogP contribution in [0.15, 0.2) is 0 Å². The molecule has 0 aliphatic carbocycles. The molecule has 0 radical (unpaired) electrons. The predicted molar refractivity (Wildman–Crippen MR) is 54.0 cm³/mol. The van der Waals surface area contributed by atoms with Gasteiger partial charge in [0.05, 0.1) is 15.9 Å². The molecule has 0 bridgehead atoms. The molecule has 0 aromatic carbocycles. The van der Waals surface area contributed by atoms with Crippen molar-refractivity contribution in [1.82, 2.24) is 0 Å². The Labute approximate surface area is 98.4 Å².